The molecular weight excluding hydrogens is 316 g/mol. The summed E-state index contributed by atoms with van der Waals surface area (Å²) in [5.41, 5.74) is 2.26. The summed E-state index contributed by atoms with van der Waals surface area (Å²) in [4.78, 5) is 29.8. The normalized spacial score (nSPS) is 17.6. The minimum Gasteiger partial charge on any atom is -0.467 e. The van der Waals surface area contributed by atoms with Crippen LogP contribution in [0.3, 0.4) is 0 Å². The second kappa shape index (κ2) is 6.02. The van der Waals surface area contributed by atoms with Crippen molar-refractivity contribution in [3.05, 3.63) is 76.3 Å². The van der Waals surface area contributed by atoms with Crippen molar-refractivity contribution in [1.29, 1.82) is 0 Å². The van der Waals surface area contributed by atoms with Crippen LogP contribution in [-0.2, 0) is 9.53 Å². The van der Waals surface area contributed by atoms with E-state index in [1.54, 1.807) is 12.1 Å². The fraction of sp³-hybridized carbons (Fsp3) is 0.150. The molecule has 2 heterocycles. The molecule has 1 atom stereocenters. The minimum absolute atomic E-state index is 0.215. The Hall–Kier alpha value is -3.21. The average Bonchev–Trinajstić information content (AvgIpc) is 3.01. The van der Waals surface area contributed by atoms with Crippen molar-refractivity contribution in [2.24, 2.45) is 0 Å². The molecule has 1 unspecified atom stereocenters. The minimum atomic E-state index is -0.681. The molecule has 1 aliphatic heterocycles. The number of aromatic nitrogens is 2. The van der Waals surface area contributed by atoms with E-state index in [1.807, 2.05) is 48.5 Å². The van der Waals surface area contributed by atoms with E-state index in [0.29, 0.717) is 23.1 Å². The molecule has 0 spiro atoms. The SMILES string of the molecule is COC(=O)C1C/C(=C/c2ccccc2)c2nc3ccccc3c(=O)n21. The van der Waals surface area contributed by atoms with E-state index in [1.165, 1.54) is 11.7 Å². The zero-order valence-electron chi connectivity index (χ0n) is 13.7. The standard InChI is InChI=1S/C20H16N2O3/c1-25-20(24)17-12-14(11-13-7-3-2-4-8-13)18-21-16-10-6-5-9-15(16)19(23)22(17)18/h2-11,17H,12H2,1H3/b14-11-. The van der Waals surface area contributed by atoms with E-state index < -0.39 is 12.0 Å². The molecule has 0 radical (unpaired) electrons. The van der Waals surface area contributed by atoms with Crippen molar-refractivity contribution in [3.8, 4) is 0 Å². The summed E-state index contributed by atoms with van der Waals surface area (Å²) < 4.78 is 6.36. The Morgan fingerprint density at radius 2 is 1.88 bits per heavy atom. The van der Waals surface area contributed by atoms with Gasteiger partial charge in [-0.05, 0) is 29.3 Å². The van der Waals surface area contributed by atoms with Crippen LogP contribution in [0.4, 0.5) is 0 Å². The highest BCUT2D eigenvalue weighted by Crippen LogP contribution is 2.35. The van der Waals surface area contributed by atoms with Gasteiger partial charge in [-0.25, -0.2) is 9.78 Å². The summed E-state index contributed by atoms with van der Waals surface area (Å²) >= 11 is 0. The highest BCUT2D eigenvalue weighted by molar-refractivity contribution is 5.89. The summed E-state index contributed by atoms with van der Waals surface area (Å²) in [6.45, 7) is 0. The molecule has 1 aromatic heterocycles. The fourth-order valence-corrected chi connectivity index (χ4v) is 3.25. The van der Waals surface area contributed by atoms with Crippen molar-refractivity contribution >= 4 is 28.5 Å². The maximum atomic E-state index is 12.9. The third-order valence-corrected chi connectivity index (χ3v) is 4.43. The van der Waals surface area contributed by atoms with Gasteiger partial charge in [0, 0.05) is 6.42 Å². The number of allylic oxidation sites excluding steroid dienone is 1. The Bertz CT molecular complexity index is 1050. The van der Waals surface area contributed by atoms with Crippen LogP contribution in [0.1, 0.15) is 23.9 Å². The average molecular weight is 332 g/mol. The second-order valence-electron chi connectivity index (χ2n) is 5.95. The predicted octanol–water partition coefficient (Wildman–Crippen LogP) is 3.05. The van der Waals surface area contributed by atoms with Crippen molar-refractivity contribution in [3.63, 3.8) is 0 Å². The number of hydrogen-bond donors (Lipinski definition) is 0. The molecule has 0 saturated carbocycles. The van der Waals surface area contributed by atoms with Gasteiger partial charge in [0.15, 0.2) is 0 Å². The number of nitrogens with zero attached hydrogens (tertiary/aromatic N) is 2. The molecule has 3 aromatic rings. The maximum absolute atomic E-state index is 12.9. The van der Waals surface area contributed by atoms with Crippen LogP contribution in [0, 0.1) is 0 Å². The van der Waals surface area contributed by atoms with E-state index in [0.717, 1.165) is 11.1 Å². The van der Waals surface area contributed by atoms with Crippen molar-refractivity contribution < 1.29 is 9.53 Å². The number of methoxy groups -OCH3 is 1. The summed E-state index contributed by atoms with van der Waals surface area (Å²) in [6, 6.07) is 16.3. The van der Waals surface area contributed by atoms with Crippen LogP contribution in [0.2, 0.25) is 0 Å². The molecule has 0 N–H and O–H groups in total. The molecule has 4 rings (SSSR count). The van der Waals surface area contributed by atoms with Gasteiger partial charge in [0.2, 0.25) is 0 Å². The third-order valence-electron chi connectivity index (χ3n) is 4.43. The maximum Gasteiger partial charge on any atom is 0.329 e. The number of carbonyl (C=O) groups excluding carboxylic acids is 1. The quantitative estimate of drug-likeness (QED) is 0.677. The van der Waals surface area contributed by atoms with Gasteiger partial charge < -0.3 is 4.74 Å². The topological polar surface area (TPSA) is 61.2 Å². The number of rotatable bonds is 2. The molecule has 5 nitrogen and oxygen atoms in total. The molecule has 0 saturated heterocycles. The van der Waals surface area contributed by atoms with Gasteiger partial charge in [-0.1, -0.05) is 42.5 Å². The molecule has 0 amide bonds. The van der Waals surface area contributed by atoms with Gasteiger partial charge in [0.05, 0.1) is 18.0 Å². The molecule has 124 valence electrons. The van der Waals surface area contributed by atoms with Gasteiger partial charge >= 0.3 is 5.97 Å². The van der Waals surface area contributed by atoms with E-state index in [2.05, 4.69) is 4.98 Å². The first kappa shape index (κ1) is 15.3. The fourth-order valence-electron chi connectivity index (χ4n) is 3.25. The number of benzene rings is 2. The Kier molecular flexibility index (Phi) is 3.69. The second-order valence-corrected chi connectivity index (χ2v) is 5.95. The number of carbonyl (C=O) groups is 1. The Morgan fingerprint density at radius 3 is 2.64 bits per heavy atom. The molecular formula is C20H16N2O3. The summed E-state index contributed by atoms with van der Waals surface area (Å²) in [5.74, 6) is 0.0971. The van der Waals surface area contributed by atoms with Crippen LogP contribution in [-0.4, -0.2) is 22.6 Å². The van der Waals surface area contributed by atoms with Gasteiger partial charge in [-0.2, -0.15) is 0 Å². The Balaban J connectivity index is 1.97. The molecule has 25 heavy (non-hydrogen) atoms. The van der Waals surface area contributed by atoms with Crippen LogP contribution in [0.5, 0.6) is 0 Å². The Morgan fingerprint density at radius 1 is 1.16 bits per heavy atom. The smallest absolute Gasteiger partial charge is 0.329 e. The number of esters is 1. The Labute approximate surface area is 144 Å². The van der Waals surface area contributed by atoms with Gasteiger partial charge in [0.1, 0.15) is 11.9 Å². The summed E-state index contributed by atoms with van der Waals surface area (Å²) in [5, 5.41) is 0.501. The van der Waals surface area contributed by atoms with Gasteiger partial charge in [0.25, 0.3) is 5.56 Å². The van der Waals surface area contributed by atoms with Gasteiger partial charge in [-0.3, -0.25) is 9.36 Å². The van der Waals surface area contributed by atoms with E-state index in [4.69, 9.17) is 4.74 Å². The van der Waals surface area contributed by atoms with E-state index in [9.17, 15) is 9.59 Å². The number of fused-ring (bicyclic) bond motifs is 2. The molecule has 1 aliphatic rings. The zero-order chi connectivity index (χ0) is 17.4. The van der Waals surface area contributed by atoms with Crippen molar-refractivity contribution in [1.82, 2.24) is 9.55 Å². The molecule has 0 aliphatic carbocycles. The summed E-state index contributed by atoms with van der Waals surface area (Å²) in [7, 11) is 1.33. The van der Waals surface area contributed by atoms with Crippen LogP contribution < -0.4 is 5.56 Å². The molecule has 5 heteroatoms. The highest BCUT2D eigenvalue weighted by Gasteiger charge is 2.35. The number of ether oxygens (including phenoxy) is 1. The van der Waals surface area contributed by atoms with Crippen LogP contribution in [0.15, 0.2) is 59.4 Å². The monoisotopic (exact) mass is 332 g/mol. The van der Waals surface area contributed by atoms with E-state index in [-0.39, 0.29) is 5.56 Å². The summed E-state index contributed by atoms with van der Waals surface area (Å²) in [6.07, 6.45) is 2.36. The molecule has 2 aromatic carbocycles. The lowest BCUT2D eigenvalue weighted by Gasteiger charge is -2.11. The zero-order valence-corrected chi connectivity index (χ0v) is 13.7. The lowest BCUT2D eigenvalue weighted by atomic mass is 10.1. The number of hydrogen-bond acceptors (Lipinski definition) is 4. The first-order valence-corrected chi connectivity index (χ1v) is 8.04. The largest absolute Gasteiger partial charge is 0.467 e. The lowest BCUT2D eigenvalue weighted by molar-refractivity contribution is -0.144. The lowest BCUT2D eigenvalue weighted by Crippen LogP contribution is -2.29. The first-order valence-electron chi connectivity index (χ1n) is 8.04. The molecule has 0 bridgehead atoms. The van der Waals surface area contributed by atoms with Crippen LogP contribution >= 0.6 is 0 Å². The van der Waals surface area contributed by atoms with Crippen LogP contribution in [0.25, 0.3) is 22.6 Å². The first-order chi connectivity index (χ1) is 12.2. The predicted molar refractivity (Wildman–Crippen MR) is 96.0 cm³/mol. The van der Waals surface area contributed by atoms with Crippen molar-refractivity contribution in [2.75, 3.05) is 7.11 Å². The van der Waals surface area contributed by atoms with Gasteiger partial charge in [-0.15, -0.1) is 0 Å². The van der Waals surface area contributed by atoms with Crippen molar-refractivity contribution in [2.45, 2.75) is 12.5 Å². The van der Waals surface area contributed by atoms with E-state index >= 15 is 0 Å². The number of para-hydroxylation sites is 1. The highest BCUT2D eigenvalue weighted by atomic mass is 16.5. The molecule has 0 fully saturated rings. The third kappa shape index (κ3) is 2.54.